The summed E-state index contributed by atoms with van der Waals surface area (Å²) in [4.78, 5) is 12.1. The lowest BCUT2D eigenvalue weighted by Gasteiger charge is -2.23. The number of carbonyl (C=O) groups is 1. The van der Waals surface area contributed by atoms with Crippen LogP contribution >= 0.6 is 0 Å². The molecule has 1 aromatic rings. The normalized spacial score (nSPS) is 14.5. The van der Waals surface area contributed by atoms with Crippen molar-refractivity contribution in [3.63, 3.8) is 0 Å². The standard InChI is InChI=1S/C21H32N2O4S/c1-17(2)27-20-13-11-19(12-14-20)23(28(3,25)26)15-7-10-21(24)22-16-18-8-5-4-6-9-18/h8,11-14,17H,4-7,9-10,15-16H2,1-3H3,(H,22,24). The summed E-state index contributed by atoms with van der Waals surface area (Å²) in [6, 6.07) is 6.99. The summed E-state index contributed by atoms with van der Waals surface area (Å²) in [5.41, 5.74) is 1.87. The number of rotatable bonds is 10. The second-order valence-corrected chi connectivity index (χ2v) is 9.39. The molecule has 1 amide bonds. The van der Waals surface area contributed by atoms with E-state index in [0.717, 1.165) is 12.8 Å². The minimum Gasteiger partial charge on any atom is -0.491 e. The minimum atomic E-state index is -3.43. The lowest BCUT2D eigenvalue weighted by molar-refractivity contribution is -0.120. The zero-order valence-corrected chi connectivity index (χ0v) is 17.9. The maximum absolute atomic E-state index is 12.2. The van der Waals surface area contributed by atoms with Crippen LogP contribution in [-0.2, 0) is 14.8 Å². The Kier molecular flexibility index (Phi) is 8.35. The third-order valence-electron chi connectivity index (χ3n) is 4.56. The lowest BCUT2D eigenvalue weighted by Crippen LogP contribution is -2.32. The molecule has 6 nitrogen and oxygen atoms in total. The number of benzene rings is 1. The SMILES string of the molecule is CC(C)Oc1ccc(N(CCCC(=O)NCC2=CCCCC2)S(C)(=O)=O)cc1. The highest BCUT2D eigenvalue weighted by Gasteiger charge is 2.18. The average Bonchev–Trinajstić information content (AvgIpc) is 2.64. The molecule has 0 heterocycles. The molecular formula is C21H32N2O4S. The van der Waals surface area contributed by atoms with E-state index in [1.807, 2.05) is 13.8 Å². The topological polar surface area (TPSA) is 75.7 Å². The van der Waals surface area contributed by atoms with Crippen molar-refractivity contribution in [2.45, 2.75) is 58.5 Å². The fraction of sp³-hybridized carbons (Fsp3) is 0.571. The predicted octanol–water partition coefficient (Wildman–Crippen LogP) is 3.64. The molecule has 0 aliphatic heterocycles. The van der Waals surface area contributed by atoms with E-state index in [-0.39, 0.29) is 18.6 Å². The second kappa shape index (κ2) is 10.5. The van der Waals surface area contributed by atoms with Crippen LogP contribution in [0.2, 0.25) is 0 Å². The van der Waals surface area contributed by atoms with E-state index in [1.54, 1.807) is 24.3 Å². The van der Waals surface area contributed by atoms with Crippen molar-refractivity contribution in [1.82, 2.24) is 5.32 Å². The smallest absolute Gasteiger partial charge is 0.232 e. The van der Waals surface area contributed by atoms with E-state index in [0.29, 0.717) is 30.8 Å². The number of sulfonamides is 1. The number of allylic oxidation sites excluding steroid dienone is 1. The first-order valence-corrected chi connectivity index (χ1v) is 11.8. The Balaban J connectivity index is 1.86. The Bertz CT molecular complexity index is 770. The Labute approximate surface area is 169 Å². The highest BCUT2D eigenvalue weighted by Crippen LogP contribution is 2.23. The van der Waals surface area contributed by atoms with Gasteiger partial charge in [0.25, 0.3) is 0 Å². The Morgan fingerprint density at radius 1 is 1.21 bits per heavy atom. The molecule has 0 fully saturated rings. The lowest BCUT2D eigenvalue weighted by atomic mass is 10.00. The van der Waals surface area contributed by atoms with Crippen LogP contribution in [0.1, 0.15) is 52.4 Å². The van der Waals surface area contributed by atoms with Crippen molar-refractivity contribution in [3.05, 3.63) is 35.9 Å². The molecule has 0 atom stereocenters. The summed E-state index contributed by atoms with van der Waals surface area (Å²) >= 11 is 0. The molecule has 0 saturated carbocycles. The van der Waals surface area contributed by atoms with Crippen LogP contribution in [0.15, 0.2) is 35.9 Å². The number of ether oxygens (including phenoxy) is 1. The largest absolute Gasteiger partial charge is 0.491 e. The third kappa shape index (κ3) is 7.54. The summed E-state index contributed by atoms with van der Waals surface area (Å²) in [7, 11) is -3.43. The summed E-state index contributed by atoms with van der Waals surface area (Å²) < 4.78 is 31.3. The number of nitrogens with one attached hydrogen (secondary N) is 1. The van der Waals surface area contributed by atoms with Crippen LogP contribution in [0.4, 0.5) is 5.69 Å². The fourth-order valence-electron chi connectivity index (χ4n) is 3.20. The number of anilines is 1. The van der Waals surface area contributed by atoms with Crippen LogP contribution in [-0.4, -0.2) is 39.8 Å². The third-order valence-corrected chi connectivity index (χ3v) is 5.75. The summed E-state index contributed by atoms with van der Waals surface area (Å²) in [5.74, 6) is 0.657. The minimum absolute atomic E-state index is 0.0411. The van der Waals surface area contributed by atoms with Gasteiger partial charge in [-0.2, -0.15) is 0 Å². The van der Waals surface area contributed by atoms with Gasteiger partial charge in [-0.25, -0.2) is 8.42 Å². The van der Waals surface area contributed by atoms with Gasteiger partial charge in [0, 0.05) is 19.5 Å². The number of hydrogen-bond acceptors (Lipinski definition) is 4. The van der Waals surface area contributed by atoms with Gasteiger partial charge in [-0.3, -0.25) is 9.10 Å². The highest BCUT2D eigenvalue weighted by molar-refractivity contribution is 7.92. The van der Waals surface area contributed by atoms with Gasteiger partial charge < -0.3 is 10.1 Å². The molecule has 0 saturated heterocycles. The first kappa shape index (κ1) is 22.3. The summed E-state index contributed by atoms with van der Waals surface area (Å²) in [6.45, 7) is 4.74. The zero-order valence-electron chi connectivity index (χ0n) is 17.1. The van der Waals surface area contributed by atoms with E-state index in [9.17, 15) is 13.2 Å². The molecule has 0 bridgehead atoms. The predicted molar refractivity (Wildman–Crippen MR) is 113 cm³/mol. The molecule has 1 N–H and O–H groups in total. The first-order chi connectivity index (χ1) is 13.3. The number of amides is 1. The molecule has 0 radical (unpaired) electrons. The Hall–Kier alpha value is -2.02. The number of carbonyl (C=O) groups excluding carboxylic acids is 1. The van der Waals surface area contributed by atoms with Crippen LogP contribution in [0.3, 0.4) is 0 Å². The Morgan fingerprint density at radius 3 is 2.50 bits per heavy atom. The van der Waals surface area contributed by atoms with Gasteiger partial charge in [-0.1, -0.05) is 11.6 Å². The second-order valence-electron chi connectivity index (χ2n) is 7.48. The quantitative estimate of drug-likeness (QED) is 0.600. The van der Waals surface area contributed by atoms with Gasteiger partial charge in [0.05, 0.1) is 18.0 Å². The zero-order chi connectivity index (χ0) is 20.6. The van der Waals surface area contributed by atoms with Crippen molar-refractivity contribution in [2.24, 2.45) is 0 Å². The van der Waals surface area contributed by atoms with Gasteiger partial charge in [0.2, 0.25) is 15.9 Å². The van der Waals surface area contributed by atoms with E-state index >= 15 is 0 Å². The molecule has 0 unspecified atom stereocenters. The molecule has 28 heavy (non-hydrogen) atoms. The molecule has 7 heteroatoms. The van der Waals surface area contributed by atoms with Gasteiger partial charge in [-0.15, -0.1) is 0 Å². The van der Waals surface area contributed by atoms with E-state index < -0.39 is 10.0 Å². The maximum atomic E-state index is 12.2. The van der Waals surface area contributed by atoms with Crippen LogP contribution in [0, 0.1) is 0 Å². The summed E-state index contributed by atoms with van der Waals surface area (Å²) in [6.07, 6.45) is 8.77. The molecule has 0 spiro atoms. The molecular weight excluding hydrogens is 376 g/mol. The van der Waals surface area contributed by atoms with Crippen LogP contribution in [0.5, 0.6) is 5.75 Å². The maximum Gasteiger partial charge on any atom is 0.232 e. The fourth-order valence-corrected chi connectivity index (χ4v) is 4.16. The van der Waals surface area contributed by atoms with Crippen molar-refractivity contribution in [2.75, 3.05) is 23.7 Å². The molecule has 0 aromatic heterocycles. The van der Waals surface area contributed by atoms with E-state index in [4.69, 9.17) is 4.74 Å². The van der Waals surface area contributed by atoms with Crippen molar-refractivity contribution in [3.8, 4) is 5.75 Å². The Morgan fingerprint density at radius 2 is 1.93 bits per heavy atom. The molecule has 2 rings (SSSR count). The monoisotopic (exact) mass is 408 g/mol. The summed E-state index contributed by atoms with van der Waals surface area (Å²) in [5, 5.41) is 2.94. The van der Waals surface area contributed by atoms with Crippen LogP contribution in [0.25, 0.3) is 0 Å². The molecule has 1 aliphatic carbocycles. The van der Waals surface area contributed by atoms with E-state index in [1.165, 1.54) is 29.0 Å². The van der Waals surface area contributed by atoms with E-state index in [2.05, 4.69) is 11.4 Å². The van der Waals surface area contributed by atoms with Gasteiger partial charge in [-0.05, 0) is 70.2 Å². The molecule has 156 valence electrons. The van der Waals surface area contributed by atoms with Crippen molar-refractivity contribution < 1.29 is 17.9 Å². The van der Waals surface area contributed by atoms with Gasteiger partial charge >= 0.3 is 0 Å². The van der Waals surface area contributed by atoms with Gasteiger partial charge in [0.15, 0.2) is 0 Å². The average molecular weight is 409 g/mol. The van der Waals surface area contributed by atoms with Gasteiger partial charge in [0.1, 0.15) is 5.75 Å². The van der Waals surface area contributed by atoms with Crippen LogP contribution < -0.4 is 14.4 Å². The van der Waals surface area contributed by atoms with Crippen molar-refractivity contribution >= 4 is 21.6 Å². The first-order valence-electron chi connectivity index (χ1n) is 9.95. The number of hydrogen-bond donors (Lipinski definition) is 1. The number of nitrogens with zero attached hydrogens (tertiary/aromatic N) is 1. The molecule has 1 aliphatic rings. The van der Waals surface area contributed by atoms with Crippen molar-refractivity contribution in [1.29, 1.82) is 0 Å². The highest BCUT2D eigenvalue weighted by atomic mass is 32.2. The molecule has 1 aromatic carbocycles.